The zero-order valence-electron chi connectivity index (χ0n) is 12.5. The lowest BCUT2D eigenvalue weighted by atomic mass is 10.1. The molecular formula is C17H18Cl2N2O. The van der Waals surface area contributed by atoms with Crippen molar-refractivity contribution in [3.8, 4) is 0 Å². The monoisotopic (exact) mass is 336 g/mol. The SMILES string of the molecule is Cc1ccc(NC(=O)CCNc2ccc(Cl)c(Cl)c2)cc1C. The summed E-state index contributed by atoms with van der Waals surface area (Å²) in [5, 5.41) is 7.04. The molecule has 0 fully saturated rings. The topological polar surface area (TPSA) is 41.1 Å². The summed E-state index contributed by atoms with van der Waals surface area (Å²) in [5.41, 5.74) is 4.03. The molecule has 116 valence electrons. The molecule has 0 saturated carbocycles. The molecule has 2 aromatic rings. The van der Waals surface area contributed by atoms with E-state index in [1.165, 1.54) is 5.56 Å². The molecule has 0 aliphatic carbocycles. The number of amides is 1. The Morgan fingerprint density at radius 3 is 2.36 bits per heavy atom. The molecule has 0 aliphatic rings. The number of hydrogen-bond donors (Lipinski definition) is 2. The van der Waals surface area contributed by atoms with Crippen molar-refractivity contribution in [2.75, 3.05) is 17.2 Å². The first-order valence-electron chi connectivity index (χ1n) is 7.02. The minimum atomic E-state index is -0.0317. The Kier molecular flexibility index (Phi) is 5.69. The number of carbonyl (C=O) groups excluding carboxylic acids is 1. The number of nitrogens with one attached hydrogen (secondary N) is 2. The zero-order valence-corrected chi connectivity index (χ0v) is 14.1. The average molecular weight is 337 g/mol. The summed E-state index contributed by atoms with van der Waals surface area (Å²) in [6.45, 7) is 4.59. The van der Waals surface area contributed by atoms with Gasteiger partial charge in [-0.05, 0) is 55.3 Å². The van der Waals surface area contributed by atoms with Crippen molar-refractivity contribution in [3.05, 3.63) is 57.6 Å². The smallest absolute Gasteiger partial charge is 0.226 e. The van der Waals surface area contributed by atoms with Crippen LogP contribution in [0.5, 0.6) is 0 Å². The molecule has 0 bridgehead atoms. The van der Waals surface area contributed by atoms with Gasteiger partial charge >= 0.3 is 0 Å². The molecule has 3 nitrogen and oxygen atoms in total. The largest absolute Gasteiger partial charge is 0.384 e. The second-order valence-electron chi connectivity index (χ2n) is 5.15. The van der Waals surface area contributed by atoms with Crippen molar-refractivity contribution in [1.29, 1.82) is 0 Å². The van der Waals surface area contributed by atoms with Crippen LogP contribution in [0.3, 0.4) is 0 Å². The third kappa shape index (κ3) is 4.65. The molecule has 2 aromatic carbocycles. The molecule has 1 amide bonds. The molecule has 0 radical (unpaired) electrons. The first-order chi connectivity index (χ1) is 10.5. The Bertz CT molecular complexity index is 686. The molecule has 2 rings (SSSR count). The molecular weight excluding hydrogens is 319 g/mol. The lowest BCUT2D eigenvalue weighted by Gasteiger charge is -2.09. The van der Waals surface area contributed by atoms with Crippen molar-refractivity contribution in [3.63, 3.8) is 0 Å². The van der Waals surface area contributed by atoms with E-state index in [2.05, 4.69) is 10.6 Å². The highest BCUT2D eigenvalue weighted by molar-refractivity contribution is 6.42. The van der Waals surface area contributed by atoms with Crippen LogP contribution in [-0.4, -0.2) is 12.5 Å². The van der Waals surface area contributed by atoms with E-state index in [0.717, 1.165) is 16.9 Å². The van der Waals surface area contributed by atoms with E-state index >= 15 is 0 Å². The molecule has 0 spiro atoms. The average Bonchev–Trinajstić information content (AvgIpc) is 2.47. The van der Waals surface area contributed by atoms with E-state index in [-0.39, 0.29) is 5.91 Å². The number of aryl methyl sites for hydroxylation is 2. The van der Waals surface area contributed by atoms with Crippen molar-refractivity contribution in [1.82, 2.24) is 0 Å². The van der Waals surface area contributed by atoms with Gasteiger partial charge in [0.05, 0.1) is 10.0 Å². The Morgan fingerprint density at radius 1 is 0.955 bits per heavy atom. The maximum atomic E-state index is 11.9. The Labute approximate surface area is 140 Å². The number of halogens is 2. The lowest BCUT2D eigenvalue weighted by Crippen LogP contribution is -2.16. The number of hydrogen-bond acceptors (Lipinski definition) is 2. The fraction of sp³-hybridized carbons (Fsp3) is 0.235. The van der Waals surface area contributed by atoms with Crippen LogP contribution in [0, 0.1) is 13.8 Å². The summed E-state index contributed by atoms with van der Waals surface area (Å²) in [5.74, 6) is -0.0317. The van der Waals surface area contributed by atoms with Gasteiger partial charge in [-0.3, -0.25) is 4.79 Å². The van der Waals surface area contributed by atoms with E-state index in [1.54, 1.807) is 12.1 Å². The molecule has 0 aliphatic heterocycles. The van der Waals surface area contributed by atoms with E-state index in [0.29, 0.717) is 23.0 Å². The standard InChI is InChI=1S/C17H18Cl2N2O/c1-11-3-4-14(9-12(11)2)21-17(22)7-8-20-13-5-6-15(18)16(19)10-13/h3-6,9-10,20H,7-8H2,1-2H3,(H,21,22). The van der Waals surface area contributed by atoms with Gasteiger partial charge in [0.25, 0.3) is 0 Å². The zero-order chi connectivity index (χ0) is 16.1. The van der Waals surface area contributed by atoms with Crippen molar-refractivity contribution in [2.45, 2.75) is 20.3 Å². The Morgan fingerprint density at radius 2 is 1.68 bits per heavy atom. The molecule has 22 heavy (non-hydrogen) atoms. The molecule has 5 heteroatoms. The first kappa shape index (κ1) is 16.7. The van der Waals surface area contributed by atoms with Crippen LogP contribution < -0.4 is 10.6 Å². The quantitative estimate of drug-likeness (QED) is 0.801. The van der Waals surface area contributed by atoms with Gasteiger partial charge in [0.15, 0.2) is 0 Å². The van der Waals surface area contributed by atoms with Crippen LogP contribution in [0.4, 0.5) is 11.4 Å². The highest BCUT2D eigenvalue weighted by atomic mass is 35.5. The maximum absolute atomic E-state index is 11.9. The van der Waals surface area contributed by atoms with Gasteiger partial charge in [-0.1, -0.05) is 29.3 Å². The predicted molar refractivity (Wildman–Crippen MR) is 94.1 cm³/mol. The maximum Gasteiger partial charge on any atom is 0.226 e. The molecule has 2 N–H and O–H groups in total. The number of anilines is 2. The van der Waals surface area contributed by atoms with Crippen molar-refractivity contribution >= 4 is 40.5 Å². The Hall–Kier alpha value is -1.71. The number of carbonyl (C=O) groups is 1. The fourth-order valence-electron chi connectivity index (χ4n) is 1.97. The molecule has 0 unspecified atom stereocenters. The summed E-state index contributed by atoms with van der Waals surface area (Å²) in [4.78, 5) is 11.9. The number of rotatable bonds is 5. The summed E-state index contributed by atoms with van der Waals surface area (Å²) >= 11 is 11.8. The van der Waals surface area contributed by atoms with Crippen LogP contribution in [0.15, 0.2) is 36.4 Å². The normalized spacial score (nSPS) is 10.4. The van der Waals surface area contributed by atoms with Crippen LogP contribution in [0.2, 0.25) is 10.0 Å². The molecule has 0 atom stereocenters. The van der Waals surface area contributed by atoms with Gasteiger partial charge in [0.2, 0.25) is 5.91 Å². The third-order valence-corrected chi connectivity index (χ3v) is 4.13. The van der Waals surface area contributed by atoms with Gasteiger partial charge in [-0.25, -0.2) is 0 Å². The highest BCUT2D eigenvalue weighted by Gasteiger charge is 2.04. The third-order valence-electron chi connectivity index (χ3n) is 3.39. The first-order valence-corrected chi connectivity index (χ1v) is 7.77. The van der Waals surface area contributed by atoms with Crippen LogP contribution >= 0.6 is 23.2 Å². The minimum Gasteiger partial charge on any atom is -0.384 e. The van der Waals surface area contributed by atoms with Crippen LogP contribution in [0.25, 0.3) is 0 Å². The fourth-order valence-corrected chi connectivity index (χ4v) is 2.27. The van der Waals surface area contributed by atoms with Gasteiger partial charge in [-0.15, -0.1) is 0 Å². The van der Waals surface area contributed by atoms with Gasteiger partial charge in [-0.2, -0.15) is 0 Å². The van der Waals surface area contributed by atoms with E-state index < -0.39 is 0 Å². The van der Waals surface area contributed by atoms with E-state index in [1.807, 2.05) is 38.1 Å². The second-order valence-corrected chi connectivity index (χ2v) is 5.97. The van der Waals surface area contributed by atoms with Crippen molar-refractivity contribution in [2.24, 2.45) is 0 Å². The van der Waals surface area contributed by atoms with Crippen LogP contribution in [0.1, 0.15) is 17.5 Å². The van der Waals surface area contributed by atoms with E-state index in [9.17, 15) is 4.79 Å². The van der Waals surface area contributed by atoms with Gasteiger partial charge < -0.3 is 10.6 Å². The van der Waals surface area contributed by atoms with E-state index in [4.69, 9.17) is 23.2 Å². The van der Waals surface area contributed by atoms with Crippen LogP contribution in [-0.2, 0) is 4.79 Å². The number of benzene rings is 2. The summed E-state index contributed by atoms with van der Waals surface area (Å²) in [7, 11) is 0. The molecule has 0 aromatic heterocycles. The summed E-state index contributed by atoms with van der Waals surface area (Å²) in [6.07, 6.45) is 0.368. The minimum absolute atomic E-state index is 0.0317. The van der Waals surface area contributed by atoms with Gasteiger partial charge in [0, 0.05) is 24.3 Å². The lowest BCUT2D eigenvalue weighted by molar-refractivity contribution is -0.115. The Balaban J connectivity index is 1.82. The predicted octanol–water partition coefficient (Wildman–Crippen LogP) is 5.05. The molecule has 0 saturated heterocycles. The summed E-state index contributed by atoms with van der Waals surface area (Å²) < 4.78 is 0. The van der Waals surface area contributed by atoms with Gasteiger partial charge in [0.1, 0.15) is 0 Å². The summed E-state index contributed by atoms with van der Waals surface area (Å²) in [6, 6.07) is 11.2. The highest BCUT2D eigenvalue weighted by Crippen LogP contribution is 2.24. The molecule has 0 heterocycles. The van der Waals surface area contributed by atoms with Crippen molar-refractivity contribution < 1.29 is 4.79 Å². The second kappa shape index (κ2) is 7.52.